The van der Waals surface area contributed by atoms with E-state index in [1.807, 2.05) is 66.9 Å². The lowest BCUT2D eigenvalue weighted by Crippen LogP contribution is -2.23. The molecule has 2 heterocycles. The standard InChI is InChI=1S/C17H17N3O/c1-12-6-8-14(9-7-12)11-18-17(21)16-15-5-3-4-10-20(15)13(2)19-16/h3-10H,11H2,1-2H3,(H,18,21). The summed E-state index contributed by atoms with van der Waals surface area (Å²) < 4.78 is 1.92. The highest BCUT2D eigenvalue weighted by atomic mass is 16.1. The number of aryl methyl sites for hydroxylation is 2. The fourth-order valence-corrected chi connectivity index (χ4v) is 2.33. The molecule has 0 saturated heterocycles. The van der Waals surface area contributed by atoms with E-state index in [4.69, 9.17) is 0 Å². The smallest absolute Gasteiger partial charge is 0.272 e. The monoisotopic (exact) mass is 279 g/mol. The average Bonchev–Trinajstić information content (AvgIpc) is 2.84. The molecule has 0 spiro atoms. The van der Waals surface area contributed by atoms with E-state index in [0.717, 1.165) is 16.9 Å². The second-order valence-corrected chi connectivity index (χ2v) is 5.13. The summed E-state index contributed by atoms with van der Waals surface area (Å²) in [4.78, 5) is 16.7. The van der Waals surface area contributed by atoms with Gasteiger partial charge in [-0.3, -0.25) is 4.79 Å². The lowest BCUT2D eigenvalue weighted by atomic mass is 10.1. The molecule has 0 fully saturated rings. The second-order valence-electron chi connectivity index (χ2n) is 5.13. The molecule has 0 atom stereocenters. The zero-order valence-electron chi connectivity index (χ0n) is 12.1. The summed E-state index contributed by atoms with van der Waals surface area (Å²) in [7, 11) is 0. The lowest BCUT2D eigenvalue weighted by Gasteiger charge is -2.04. The van der Waals surface area contributed by atoms with Crippen LogP contribution in [0, 0.1) is 13.8 Å². The minimum Gasteiger partial charge on any atom is -0.347 e. The van der Waals surface area contributed by atoms with Crippen molar-refractivity contribution in [2.75, 3.05) is 0 Å². The molecule has 1 aromatic carbocycles. The van der Waals surface area contributed by atoms with Gasteiger partial charge in [-0.1, -0.05) is 35.9 Å². The van der Waals surface area contributed by atoms with Gasteiger partial charge in [-0.05, 0) is 31.5 Å². The third-order valence-corrected chi connectivity index (χ3v) is 3.51. The predicted octanol–water partition coefficient (Wildman–Crippen LogP) is 2.88. The van der Waals surface area contributed by atoms with Gasteiger partial charge in [0.2, 0.25) is 0 Å². The fourth-order valence-electron chi connectivity index (χ4n) is 2.33. The van der Waals surface area contributed by atoms with E-state index < -0.39 is 0 Å². The van der Waals surface area contributed by atoms with E-state index in [-0.39, 0.29) is 5.91 Å². The van der Waals surface area contributed by atoms with Crippen LogP contribution in [0.25, 0.3) is 5.52 Å². The summed E-state index contributed by atoms with van der Waals surface area (Å²) in [5, 5.41) is 2.93. The van der Waals surface area contributed by atoms with Gasteiger partial charge in [0.15, 0.2) is 5.69 Å². The molecule has 0 aliphatic heterocycles. The molecule has 1 N–H and O–H groups in total. The van der Waals surface area contributed by atoms with Crippen LogP contribution in [-0.4, -0.2) is 15.3 Å². The quantitative estimate of drug-likeness (QED) is 0.801. The normalized spacial score (nSPS) is 10.8. The van der Waals surface area contributed by atoms with Gasteiger partial charge in [-0.2, -0.15) is 0 Å². The Hall–Kier alpha value is -2.62. The Labute approximate surface area is 123 Å². The van der Waals surface area contributed by atoms with Gasteiger partial charge in [0.05, 0.1) is 5.52 Å². The molecular formula is C17H17N3O. The average molecular weight is 279 g/mol. The van der Waals surface area contributed by atoms with E-state index in [0.29, 0.717) is 12.2 Å². The minimum absolute atomic E-state index is 0.146. The lowest BCUT2D eigenvalue weighted by molar-refractivity contribution is 0.0948. The zero-order chi connectivity index (χ0) is 14.8. The molecule has 0 aliphatic rings. The molecule has 0 unspecified atom stereocenters. The maximum absolute atomic E-state index is 12.3. The van der Waals surface area contributed by atoms with Crippen LogP contribution in [0.2, 0.25) is 0 Å². The van der Waals surface area contributed by atoms with Crippen molar-refractivity contribution in [2.24, 2.45) is 0 Å². The third kappa shape index (κ3) is 2.65. The van der Waals surface area contributed by atoms with Gasteiger partial charge in [0.25, 0.3) is 5.91 Å². The van der Waals surface area contributed by atoms with Crippen molar-refractivity contribution in [1.29, 1.82) is 0 Å². The number of imidazole rings is 1. The number of aromatic nitrogens is 2. The Morgan fingerprint density at radius 3 is 2.67 bits per heavy atom. The summed E-state index contributed by atoms with van der Waals surface area (Å²) in [5.41, 5.74) is 3.59. The van der Waals surface area contributed by atoms with Crippen molar-refractivity contribution >= 4 is 11.4 Å². The molecule has 0 bridgehead atoms. The largest absolute Gasteiger partial charge is 0.347 e. The maximum atomic E-state index is 12.3. The van der Waals surface area contributed by atoms with Crippen molar-refractivity contribution in [3.63, 3.8) is 0 Å². The number of nitrogens with zero attached hydrogens (tertiary/aromatic N) is 2. The Morgan fingerprint density at radius 1 is 1.14 bits per heavy atom. The van der Waals surface area contributed by atoms with Gasteiger partial charge in [0.1, 0.15) is 5.82 Å². The molecule has 0 saturated carbocycles. The summed E-state index contributed by atoms with van der Waals surface area (Å²) in [6, 6.07) is 13.9. The molecule has 2 aromatic heterocycles. The van der Waals surface area contributed by atoms with E-state index in [1.165, 1.54) is 5.56 Å². The predicted molar refractivity (Wildman–Crippen MR) is 82.3 cm³/mol. The number of carbonyl (C=O) groups excluding carboxylic acids is 1. The van der Waals surface area contributed by atoms with Crippen LogP contribution in [0.4, 0.5) is 0 Å². The Morgan fingerprint density at radius 2 is 1.90 bits per heavy atom. The second kappa shape index (κ2) is 5.40. The van der Waals surface area contributed by atoms with Gasteiger partial charge in [-0.15, -0.1) is 0 Å². The number of amides is 1. The Bertz CT molecular complexity index is 787. The van der Waals surface area contributed by atoms with Crippen molar-refractivity contribution < 1.29 is 4.79 Å². The number of nitrogens with one attached hydrogen (secondary N) is 1. The highest BCUT2D eigenvalue weighted by molar-refractivity contribution is 5.99. The molecule has 3 rings (SSSR count). The highest BCUT2D eigenvalue weighted by Gasteiger charge is 2.14. The Kier molecular flexibility index (Phi) is 3.44. The van der Waals surface area contributed by atoms with Crippen molar-refractivity contribution in [3.8, 4) is 0 Å². The number of hydrogen-bond acceptors (Lipinski definition) is 2. The Balaban J connectivity index is 1.79. The van der Waals surface area contributed by atoms with E-state index in [9.17, 15) is 4.79 Å². The van der Waals surface area contributed by atoms with Gasteiger partial charge in [0, 0.05) is 12.7 Å². The number of carbonyl (C=O) groups is 1. The van der Waals surface area contributed by atoms with Crippen LogP contribution >= 0.6 is 0 Å². The van der Waals surface area contributed by atoms with E-state index in [2.05, 4.69) is 10.3 Å². The summed E-state index contributed by atoms with van der Waals surface area (Å²) >= 11 is 0. The van der Waals surface area contributed by atoms with Crippen molar-refractivity contribution in [3.05, 3.63) is 71.3 Å². The summed E-state index contributed by atoms with van der Waals surface area (Å²) in [5.74, 6) is 0.665. The SMILES string of the molecule is Cc1ccc(CNC(=O)c2nc(C)n3ccccc23)cc1. The number of hydrogen-bond donors (Lipinski definition) is 1. The number of benzene rings is 1. The summed E-state index contributed by atoms with van der Waals surface area (Å²) in [6.07, 6.45) is 1.91. The molecule has 0 aliphatic carbocycles. The molecule has 21 heavy (non-hydrogen) atoms. The first kappa shape index (κ1) is 13.4. The van der Waals surface area contributed by atoms with E-state index >= 15 is 0 Å². The van der Waals surface area contributed by atoms with Crippen molar-refractivity contribution in [1.82, 2.24) is 14.7 Å². The molecule has 4 heteroatoms. The number of pyridine rings is 1. The van der Waals surface area contributed by atoms with Gasteiger partial charge in [-0.25, -0.2) is 4.98 Å². The van der Waals surface area contributed by atoms with E-state index in [1.54, 1.807) is 0 Å². The summed E-state index contributed by atoms with van der Waals surface area (Å²) in [6.45, 7) is 4.44. The first-order valence-electron chi connectivity index (χ1n) is 6.92. The van der Waals surface area contributed by atoms with Crippen LogP contribution in [0.5, 0.6) is 0 Å². The third-order valence-electron chi connectivity index (χ3n) is 3.51. The van der Waals surface area contributed by atoms with Crippen LogP contribution in [-0.2, 0) is 6.54 Å². The number of rotatable bonds is 3. The van der Waals surface area contributed by atoms with Gasteiger partial charge < -0.3 is 9.72 Å². The molecule has 106 valence electrons. The van der Waals surface area contributed by atoms with Crippen LogP contribution in [0.3, 0.4) is 0 Å². The topological polar surface area (TPSA) is 46.4 Å². The molecule has 0 radical (unpaired) electrons. The molecule has 1 amide bonds. The van der Waals surface area contributed by atoms with Crippen molar-refractivity contribution in [2.45, 2.75) is 20.4 Å². The first-order valence-corrected chi connectivity index (χ1v) is 6.92. The van der Waals surface area contributed by atoms with Crippen LogP contribution in [0.15, 0.2) is 48.7 Å². The van der Waals surface area contributed by atoms with Gasteiger partial charge >= 0.3 is 0 Å². The molecular weight excluding hydrogens is 262 g/mol. The zero-order valence-corrected chi connectivity index (χ0v) is 12.1. The van der Waals surface area contributed by atoms with Crippen LogP contribution in [0.1, 0.15) is 27.4 Å². The highest BCUT2D eigenvalue weighted by Crippen LogP contribution is 2.12. The van der Waals surface area contributed by atoms with Crippen LogP contribution < -0.4 is 5.32 Å². The molecule has 4 nitrogen and oxygen atoms in total. The minimum atomic E-state index is -0.146. The first-order chi connectivity index (χ1) is 10.1. The molecule has 3 aromatic rings. The fraction of sp³-hybridized carbons (Fsp3) is 0.176. The number of fused-ring (bicyclic) bond motifs is 1. The maximum Gasteiger partial charge on any atom is 0.272 e.